The fourth-order valence-corrected chi connectivity index (χ4v) is 2.17. The van der Waals surface area contributed by atoms with E-state index in [1.807, 2.05) is 0 Å². The predicted molar refractivity (Wildman–Crippen MR) is 75.8 cm³/mol. The monoisotopic (exact) mass is 355 g/mol. The average molecular weight is 356 g/mol. The molecule has 0 aliphatic heterocycles. The van der Waals surface area contributed by atoms with E-state index in [-0.39, 0.29) is 28.6 Å². The van der Waals surface area contributed by atoms with E-state index in [9.17, 15) is 14.9 Å². The number of hydrogen-bond donors (Lipinski definition) is 1. The molecule has 0 unspecified atom stereocenters. The number of halogens is 1. The fourth-order valence-electron chi connectivity index (χ4n) is 1.81. The number of aryl methyl sites for hydroxylation is 2. The third-order valence-electron chi connectivity index (χ3n) is 2.70. The normalized spacial score (nSPS) is 10.4. The first kappa shape index (κ1) is 15.0. The van der Waals surface area contributed by atoms with Gasteiger partial charge in [-0.3, -0.25) is 10.1 Å². The Hall–Kier alpha value is -2.42. The highest BCUT2D eigenvalue weighted by molar-refractivity contribution is 9.10. The van der Waals surface area contributed by atoms with Crippen LogP contribution in [-0.2, 0) is 7.05 Å². The Labute approximate surface area is 127 Å². The van der Waals surface area contributed by atoms with Gasteiger partial charge >= 0.3 is 11.7 Å². The first-order chi connectivity index (χ1) is 9.81. The minimum absolute atomic E-state index is 0.00296. The Bertz CT molecular complexity index is 741. The molecule has 0 aliphatic rings. The van der Waals surface area contributed by atoms with Crippen molar-refractivity contribution in [3.8, 4) is 11.6 Å². The highest BCUT2D eigenvalue weighted by Crippen LogP contribution is 2.35. The maximum Gasteiger partial charge on any atom is 0.353 e. The van der Waals surface area contributed by atoms with Crippen molar-refractivity contribution >= 4 is 27.6 Å². The number of carboxylic acid groups (broad SMARTS) is 1. The van der Waals surface area contributed by atoms with E-state index in [4.69, 9.17) is 9.84 Å². The van der Waals surface area contributed by atoms with Crippen LogP contribution in [0.25, 0.3) is 0 Å². The summed E-state index contributed by atoms with van der Waals surface area (Å²) in [6.07, 6.45) is 0. The van der Waals surface area contributed by atoms with Gasteiger partial charge in [0.1, 0.15) is 17.0 Å². The maximum atomic E-state index is 11.2. The first-order valence-electron chi connectivity index (χ1n) is 5.70. The summed E-state index contributed by atoms with van der Waals surface area (Å²) in [7, 11) is 1.48. The van der Waals surface area contributed by atoms with Gasteiger partial charge in [-0.1, -0.05) is 15.9 Å². The molecule has 0 aliphatic carbocycles. The third-order valence-corrected chi connectivity index (χ3v) is 3.19. The zero-order valence-electron chi connectivity index (χ0n) is 11.0. The van der Waals surface area contributed by atoms with Gasteiger partial charge in [-0.25, -0.2) is 9.48 Å². The highest BCUT2D eigenvalue weighted by Gasteiger charge is 2.27. The number of carboxylic acids is 1. The number of carbonyl (C=O) groups is 1. The second-order valence-electron chi connectivity index (χ2n) is 4.17. The van der Waals surface area contributed by atoms with Crippen LogP contribution in [0.15, 0.2) is 22.7 Å². The fraction of sp³-hybridized carbons (Fsp3) is 0.167. The molecule has 21 heavy (non-hydrogen) atoms. The molecule has 1 aromatic carbocycles. The first-order valence-corrected chi connectivity index (χ1v) is 6.49. The number of nitro groups is 1. The van der Waals surface area contributed by atoms with E-state index in [1.54, 1.807) is 6.07 Å². The van der Waals surface area contributed by atoms with Crippen molar-refractivity contribution in [2.24, 2.45) is 7.05 Å². The molecular weight excluding hydrogens is 346 g/mol. The lowest BCUT2D eigenvalue weighted by atomic mass is 10.2. The summed E-state index contributed by atoms with van der Waals surface area (Å²) in [5, 5.41) is 24.1. The van der Waals surface area contributed by atoms with Crippen LogP contribution in [0.1, 0.15) is 16.1 Å². The van der Waals surface area contributed by atoms with Crippen LogP contribution < -0.4 is 4.74 Å². The van der Waals surface area contributed by atoms with E-state index in [0.29, 0.717) is 4.47 Å². The molecule has 1 heterocycles. The SMILES string of the molecule is Cc1nn(C)c(Oc2ccc(Br)cc2C(=O)O)c1[N+](=O)[O-]. The standard InChI is InChI=1S/C12H10BrN3O5/c1-6-10(16(19)20)11(15(2)14-6)21-9-4-3-7(13)5-8(9)12(17)18/h3-5H,1-2H3,(H,17,18). The van der Waals surface area contributed by atoms with Crippen LogP contribution in [0, 0.1) is 17.0 Å². The zero-order valence-corrected chi connectivity index (χ0v) is 12.6. The lowest BCUT2D eigenvalue weighted by Crippen LogP contribution is -2.03. The molecule has 0 radical (unpaired) electrons. The summed E-state index contributed by atoms with van der Waals surface area (Å²) in [5.41, 5.74) is -0.222. The van der Waals surface area contributed by atoms with Gasteiger partial charge in [0.05, 0.1) is 4.92 Å². The molecule has 0 saturated heterocycles. The quantitative estimate of drug-likeness (QED) is 0.667. The average Bonchev–Trinajstić information content (AvgIpc) is 2.66. The Kier molecular flexibility index (Phi) is 3.94. The molecule has 0 amide bonds. The van der Waals surface area contributed by atoms with Crippen molar-refractivity contribution in [1.29, 1.82) is 0 Å². The highest BCUT2D eigenvalue weighted by atomic mass is 79.9. The Morgan fingerprint density at radius 3 is 2.76 bits per heavy atom. The Morgan fingerprint density at radius 2 is 2.19 bits per heavy atom. The second-order valence-corrected chi connectivity index (χ2v) is 5.08. The molecular formula is C12H10BrN3O5. The van der Waals surface area contributed by atoms with Gasteiger partial charge in [0, 0.05) is 11.5 Å². The molecule has 0 saturated carbocycles. The van der Waals surface area contributed by atoms with Crippen molar-refractivity contribution in [3.63, 3.8) is 0 Å². The molecule has 2 aromatic rings. The van der Waals surface area contributed by atoms with Crippen LogP contribution in [0.2, 0.25) is 0 Å². The Morgan fingerprint density at radius 1 is 1.52 bits per heavy atom. The van der Waals surface area contributed by atoms with Crippen molar-refractivity contribution in [1.82, 2.24) is 9.78 Å². The predicted octanol–water partition coefficient (Wildman–Crippen LogP) is 2.89. The van der Waals surface area contributed by atoms with Crippen LogP contribution >= 0.6 is 15.9 Å². The van der Waals surface area contributed by atoms with E-state index in [1.165, 1.54) is 30.8 Å². The van der Waals surface area contributed by atoms with Gasteiger partial charge in [-0.15, -0.1) is 0 Å². The molecule has 110 valence electrons. The minimum atomic E-state index is -1.20. The van der Waals surface area contributed by atoms with E-state index in [2.05, 4.69) is 21.0 Å². The van der Waals surface area contributed by atoms with Gasteiger partial charge < -0.3 is 9.84 Å². The summed E-state index contributed by atoms with van der Waals surface area (Å²) in [4.78, 5) is 21.7. The number of rotatable bonds is 4. The van der Waals surface area contributed by atoms with Crippen molar-refractivity contribution in [2.75, 3.05) is 0 Å². The number of benzene rings is 1. The molecule has 8 nitrogen and oxygen atoms in total. The maximum absolute atomic E-state index is 11.2. The number of nitrogens with zero attached hydrogens (tertiary/aromatic N) is 3. The van der Waals surface area contributed by atoms with Crippen LogP contribution in [-0.4, -0.2) is 25.8 Å². The van der Waals surface area contributed by atoms with E-state index >= 15 is 0 Å². The number of aromatic nitrogens is 2. The van der Waals surface area contributed by atoms with Crippen molar-refractivity contribution in [2.45, 2.75) is 6.92 Å². The summed E-state index contributed by atoms with van der Waals surface area (Å²) in [6, 6.07) is 4.35. The number of ether oxygens (including phenoxy) is 1. The molecule has 0 fully saturated rings. The number of hydrogen-bond acceptors (Lipinski definition) is 5. The largest absolute Gasteiger partial charge is 0.478 e. The zero-order chi connectivity index (χ0) is 15.7. The molecule has 9 heteroatoms. The van der Waals surface area contributed by atoms with Crippen LogP contribution in [0.3, 0.4) is 0 Å². The van der Waals surface area contributed by atoms with Crippen molar-refractivity contribution in [3.05, 3.63) is 44.0 Å². The summed E-state index contributed by atoms with van der Waals surface area (Å²) < 4.78 is 7.18. The van der Waals surface area contributed by atoms with Gasteiger partial charge in [0.2, 0.25) is 0 Å². The molecule has 0 atom stereocenters. The van der Waals surface area contributed by atoms with Crippen LogP contribution in [0.5, 0.6) is 11.6 Å². The van der Waals surface area contributed by atoms with Gasteiger partial charge in [-0.2, -0.15) is 5.10 Å². The molecule has 1 N–H and O–H groups in total. The third kappa shape index (κ3) is 2.87. The summed E-state index contributed by atoms with van der Waals surface area (Å²) >= 11 is 3.16. The lowest BCUT2D eigenvalue weighted by Gasteiger charge is -2.08. The van der Waals surface area contributed by atoms with E-state index in [0.717, 1.165) is 0 Å². The number of aromatic carboxylic acids is 1. The summed E-state index contributed by atoms with van der Waals surface area (Å²) in [5.74, 6) is -1.33. The van der Waals surface area contributed by atoms with Gasteiger partial charge in [0.15, 0.2) is 0 Å². The van der Waals surface area contributed by atoms with Gasteiger partial charge in [-0.05, 0) is 25.1 Å². The topological polar surface area (TPSA) is 107 Å². The smallest absolute Gasteiger partial charge is 0.353 e. The van der Waals surface area contributed by atoms with Crippen molar-refractivity contribution < 1.29 is 19.6 Å². The van der Waals surface area contributed by atoms with Crippen LogP contribution in [0.4, 0.5) is 5.69 Å². The van der Waals surface area contributed by atoms with E-state index < -0.39 is 10.9 Å². The lowest BCUT2D eigenvalue weighted by molar-refractivity contribution is -0.386. The summed E-state index contributed by atoms with van der Waals surface area (Å²) in [6.45, 7) is 1.48. The second kappa shape index (κ2) is 5.52. The minimum Gasteiger partial charge on any atom is -0.478 e. The molecule has 0 bridgehead atoms. The molecule has 0 spiro atoms. The Balaban J connectivity index is 2.53. The molecule has 2 rings (SSSR count). The molecule has 1 aromatic heterocycles. The van der Waals surface area contributed by atoms with Gasteiger partial charge in [0.25, 0.3) is 5.88 Å².